The van der Waals surface area contributed by atoms with E-state index in [1.807, 2.05) is 12.2 Å². The first-order chi connectivity index (χ1) is 19.4. The van der Waals surface area contributed by atoms with Gasteiger partial charge in [-0.1, -0.05) is 154 Å². The van der Waals surface area contributed by atoms with Crippen molar-refractivity contribution >= 4 is 0 Å². The maximum absolute atomic E-state index is 4.39. The van der Waals surface area contributed by atoms with Crippen LogP contribution in [0.25, 0.3) is 0 Å². The highest BCUT2D eigenvalue weighted by Crippen LogP contribution is 2.36. The van der Waals surface area contributed by atoms with Gasteiger partial charge >= 0.3 is 0 Å². The number of hydrogen-bond donors (Lipinski definition) is 0. The van der Waals surface area contributed by atoms with Gasteiger partial charge in [0, 0.05) is 11.5 Å². The molecule has 2 rings (SSSR count). The summed E-state index contributed by atoms with van der Waals surface area (Å²) in [5.41, 5.74) is 12.1. The normalized spacial score (nSPS) is 15.1. The molecule has 0 saturated carbocycles. The molecule has 0 saturated heterocycles. The Hall–Kier alpha value is -3.34. The molecule has 2 atom stereocenters. The zero-order chi connectivity index (χ0) is 29.2. The van der Waals surface area contributed by atoms with Crippen molar-refractivity contribution in [3.8, 4) is 0 Å². The molecule has 0 amide bonds. The summed E-state index contributed by atoms with van der Waals surface area (Å²) in [5.74, 6) is 0.964. The summed E-state index contributed by atoms with van der Waals surface area (Å²) in [6.07, 6.45) is 30.8. The van der Waals surface area contributed by atoms with Crippen molar-refractivity contribution < 1.29 is 0 Å². The molecule has 0 aliphatic heterocycles. The van der Waals surface area contributed by atoms with Crippen LogP contribution in [0.1, 0.15) is 95.1 Å². The predicted molar refractivity (Wildman–Crippen MR) is 180 cm³/mol. The number of hydrogen-bond acceptors (Lipinski definition) is 0. The van der Waals surface area contributed by atoms with Crippen molar-refractivity contribution in [2.24, 2.45) is 5.92 Å². The summed E-state index contributed by atoms with van der Waals surface area (Å²) in [6, 6.07) is 8.94. The average molecular weight is 533 g/mol. The van der Waals surface area contributed by atoms with Crippen LogP contribution in [0.3, 0.4) is 0 Å². The van der Waals surface area contributed by atoms with Gasteiger partial charge < -0.3 is 0 Å². The topological polar surface area (TPSA) is 0 Å². The highest BCUT2D eigenvalue weighted by molar-refractivity contribution is 5.49. The third-order valence-electron chi connectivity index (χ3n) is 7.82. The summed E-state index contributed by atoms with van der Waals surface area (Å²) < 4.78 is 0. The molecule has 0 bridgehead atoms. The van der Waals surface area contributed by atoms with E-state index in [-0.39, 0.29) is 5.92 Å². The number of aryl methyl sites for hydroxylation is 1. The van der Waals surface area contributed by atoms with Gasteiger partial charge in [0.15, 0.2) is 0 Å². The zero-order valence-corrected chi connectivity index (χ0v) is 25.6. The molecule has 1 aromatic rings. The minimum absolute atomic E-state index is 0.210. The van der Waals surface area contributed by atoms with Crippen LogP contribution >= 0.6 is 0 Å². The summed E-state index contributed by atoms with van der Waals surface area (Å²) in [5, 5.41) is 0. The Kier molecular flexibility index (Phi) is 15.5. The second-order valence-electron chi connectivity index (χ2n) is 11.1. The highest BCUT2D eigenvalue weighted by Gasteiger charge is 2.20. The summed E-state index contributed by atoms with van der Waals surface area (Å²) >= 11 is 0. The van der Waals surface area contributed by atoms with Crippen LogP contribution in [0.2, 0.25) is 0 Å². The molecule has 0 fully saturated rings. The number of rotatable bonds is 18. The molecule has 2 unspecified atom stereocenters. The minimum atomic E-state index is 0.210. The van der Waals surface area contributed by atoms with Crippen LogP contribution in [-0.4, -0.2) is 0 Å². The number of allylic oxidation sites excluding steroid dienone is 14. The van der Waals surface area contributed by atoms with Crippen LogP contribution in [0.15, 0.2) is 139 Å². The monoisotopic (exact) mass is 532 g/mol. The average Bonchev–Trinajstić information content (AvgIpc) is 2.97. The first-order valence-electron chi connectivity index (χ1n) is 15.2. The first kappa shape index (κ1) is 32.9. The Morgan fingerprint density at radius 2 is 1.73 bits per heavy atom. The molecule has 1 aromatic carbocycles. The van der Waals surface area contributed by atoms with Crippen LogP contribution in [-0.2, 0) is 0 Å². The molecule has 212 valence electrons. The van der Waals surface area contributed by atoms with Crippen LogP contribution in [0.5, 0.6) is 0 Å². The molecule has 0 nitrogen and oxygen atoms in total. The van der Waals surface area contributed by atoms with E-state index < -0.39 is 0 Å². The smallest absolute Gasteiger partial charge is 0.0209 e. The van der Waals surface area contributed by atoms with Crippen LogP contribution < -0.4 is 0 Å². The molecule has 0 heteroatoms. The summed E-state index contributed by atoms with van der Waals surface area (Å²) in [4.78, 5) is 0. The fourth-order valence-corrected chi connectivity index (χ4v) is 5.39. The van der Waals surface area contributed by atoms with Gasteiger partial charge in [-0.05, 0) is 75.8 Å². The van der Waals surface area contributed by atoms with Crippen molar-refractivity contribution in [1.82, 2.24) is 0 Å². The molecule has 0 aromatic heterocycles. The molecule has 0 spiro atoms. The maximum atomic E-state index is 4.39. The third kappa shape index (κ3) is 11.8. The summed E-state index contributed by atoms with van der Waals surface area (Å²) in [6.45, 7) is 23.0. The SMILES string of the molecule is C=C=C(C1=CCCC=C1)C(CC(/C=C\C(=C)CCCC(CCC)CCC(=C)/C=C\C=C)=C/C)c1ccc(C)cc1. The maximum Gasteiger partial charge on any atom is 0.0209 e. The van der Waals surface area contributed by atoms with Gasteiger partial charge in [0.05, 0.1) is 0 Å². The van der Waals surface area contributed by atoms with Crippen molar-refractivity contribution in [2.45, 2.75) is 90.9 Å². The van der Waals surface area contributed by atoms with E-state index in [0.717, 1.165) is 38.0 Å². The van der Waals surface area contributed by atoms with Crippen molar-refractivity contribution in [1.29, 1.82) is 0 Å². The van der Waals surface area contributed by atoms with Crippen molar-refractivity contribution in [3.63, 3.8) is 0 Å². The Morgan fingerprint density at radius 3 is 2.35 bits per heavy atom. The van der Waals surface area contributed by atoms with Gasteiger partial charge in [-0.2, -0.15) is 0 Å². The third-order valence-corrected chi connectivity index (χ3v) is 7.82. The Morgan fingerprint density at radius 1 is 0.975 bits per heavy atom. The Bertz CT molecular complexity index is 1160. The van der Waals surface area contributed by atoms with E-state index in [9.17, 15) is 0 Å². The lowest BCUT2D eigenvalue weighted by Crippen LogP contribution is -2.06. The zero-order valence-electron chi connectivity index (χ0n) is 25.6. The molecular weight excluding hydrogens is 480 g/mol. The van der Waals surface area contributed by atoms with Gasteiger partial charge in [-0.15, -0.1) is 5.73 Å². The lowest BCUT2D eigenvalue weighted by molar-refractivity contribution is 0.405. The van der Waals surface area contributed by atoms with E-state index >= 15 is 0 Å². The second-order valence-corrected chi connectivity index (χ2v) is 11.1. The molecular formula is C40H52. The minimum Gasteiger partial charge on any atom is -0.124 e. The van der Waals surface area contributed by atoms with Crippen molar-refractivity contribution in [2.75, 3.05) is 0 Å². The van der Waals surface area contributed by atoms with Crippen molar-refractivity contribution in [3.05, 3.63) is 150 Å². The van der Waals surface area contributed by atoms with E-state index in [4.69, 9.17) is 0 Å². The van der Waals surface area contributed by atoms with E-state index in [2.05, 4.69) is 120 Å². The van der Waals surface area contributed by atoms with Gasteiger partial charge in [0.25, 0.3) is 0 Å². The largest absolute Gasteiger partial charge is 0.124 e. The van der Waals surface area contributed by atoms with E-state index in [1.165, 1.54) is 71.1 Å². The van der Waals surface area contributed by atoms with E-state index in [0.29, 0.717) is 0 Å². The molecule has 0 N–H and O–H groups in total. The molecule has 0 radical (unpaired) electrons. The highest BCUT2D eigenvalue weighted by atomic mass is 14.2. The quantitative estimate of drug-likeness (QED) is 0.130. The molecule has 40 heavy (non-hydrogen) atoms. The predicted octanol–water partition coefficient (Wildman–Crippen LogP) is 12.2. The van der Waals surface area contributed by atoms with Gasteiger partial charge in [-0.3, -0.25) is 0 Å². The first-order valence-corrected chi connectivity index (χ1v) is 15.2. The van der Waals surface area contributed by atoms with Crippen LogP contribution in [0, 0.1) is 12.8 Å². The van der Waals surface area contributed by atoms with Gasteiger partial charge in [0.1, 0.15) is 0 Å². The molecule has 1 aliphatic carbocycles. The van der Waals surface area contributed by atoms with E-state index in [1.54, 1.807) is 0 Å². The fraction of sp³-hybridized carbons (Fsp3) is 0.375. The van der Waals surface area contributed by atoms with Crippen LogP contribution in [0.4, 0.5) is 0 Å². The lowest BCUT2D eigenvalue weighted by Gasteiger charge is -2.23. The Labute approximate surface area is 246 Å². The lowest BCUT2D eigenvalue weighted by atomic mass is 9.81. The number of benzene rings is 1. The van der Waals surface area contributed by atoms with Gasteiger partial charge in [-0.25, -0.2) is 0 Å². The Balaban J connectivity index is 2.03. The molecule has 0 heterocycles. The second kappa shape index (κ2) is 18.9. The van der Waals surface area contributed by atoms with Gasteiger partial charge in [0.2, 0.25) is 0 Å². The fourth-order valence-electron chi connectivity index (χ4n) is 5.39. The standard InChI is InChI=1S/C40H52/c1-8-12-18-32(5)24-28-36(17-9-2)20-16-19-33(6)23-27-35(10-3)31-40(38-29-25-34(7)26-30-38)39(11-4)37-21-14-13-15-22-37/h8,10,12,14,18,21-23,25-27,29-30,36,40H,1,4-6,9,13,15-17,19-20,24,28,31H2,2-3,7H3/b18-12-,27-23-,35-10+. The summed E-state index contributed by atoms with van der Waals surface area (Å²) in [7, 11) is 0. The molecule has 1 aliphatic rings.